The van der Waals surface area contributed by atoms with E-state index in [1.807, 2.05) is 11.6 Å². The Morgan fingerprint density at radius 3 is 2.65 bits per heavy atom. The van der Waals surface area contributed by atoms with E-state index in [0.717, 1.165) is 30.2 Å². The molecule has 0 amide bonds. The Balaban J connectivity index is 2.11. The van der Waals surface area contributed by atoms with Gasteiger partial charge in [0.2, 0.25) is 0 Å². The van der Waals surface area contributed by atoms with Crippen LogP contribution in [-0.4, -0.2) is 21.4 Å². The minimum atomic E-state index is 0.556. The van der Waals surface area contributed by atoms with Crippen LogP contribution in [0.1, 0.15) is 36.4 Å². The highest BCUT2D eigenvalue weighted by Gasteiger charge is 2.13. The zero-order chi connectivity index (χ0) is 17.0. The van der Waals surface area contributed by atoms with Crippen LogP contribution in [0.5, 0.6) is 0 Å². The third kappa shape index (κ3) is 4.79. The van der Waals surface area contributed by atoms with Crippen molar-refractivity contribution in [1.82, 2.24) is 15.1 Å². The highest BCUT2D eigenvalue weighted by Crippen LogP contribution is 2.20. The summed E-state index contributed by atoms with van der Waals surface area (Å²) in [6.07, 6.45) is 0. The maximum atomic E-state index is 5.37. The number of hydrogen-bond acceptors (Lipinski definition) is 2. The van der Waals surface area contributed by atoms with Crippen LogP contribution >= 0.6 is 12.2 Å². The molecule has 1 aromatic carbocycles. The summed E-state index contributed by atoms with van der Waals surface area (Å²) in [5.41, 5.74) is 5.57. The number of rotatable bonds is 5. The van der Waals surface area contributed by atoms with Gasteiger partial charge in [0.25, 0.3) is 0 Å². The van der Waals surface area contributed by atoms with Gasteiger partial charge in [0.15, 0.2) is 5.11 Å². The molecule has 2 aromatic rings. The van der Waals surface area contributed by atoms with Gasteiger partial charge in [-0.15, -0.1) is 0 Å². The van der Waals surface area contributed by atoms with E-state index >= 15 is 0 Å². The van der Waals surface area contributed by atoms with Crippen LogP contribution in [0.4, 0.5) is 5.69 Å². The predicted molar refractivity (Wildman–Crippen MR) is 101 cm³/mol. The molecule has 0 aliphatic rings. The molecule has 0 bridgehead atoms. The SMILES string of the molecule is Cc1cccc(Cn2nc(C)c(NC(=S)NCC(C)C)c2C)c1. The Bertz CT molecular complexity index is 688. The van der Waals surface area contributed by atoms with Gasteiger partial charge >= 0.3 is 0 Å². The molecular weight excluding hydrogens is 304 g/mol. The van der Waals surface area contributed by atoms with Crippen molar-refractivity contribution in [1.29, 1.82) is 0 Å². The van der Waals surface area contributed by atoms with Gasteiger partial charge in [-0.3, -0.25) is 4.68 Å². The minimum absolute atomic E-state index is 0.556. The molecule has 0 aliphatic heterocycles. The van der Waals surface area contributed by atoms with Crippen LogP contribution < -0.4 is 10.6 Å². The fraction of sp³-hybridized carbons (Fsp3) is 0.444. The first-order valence-electron chi connectivity index (χ1n) is 8.01. The Morgan fingerprint density at radius 2 is 2.00 bits per heavy atom. The van der Waals surface area contributed by atoms with E-state index in [1.165, 1.54) is 11.1 Å². The highest BCUT2D eigenvalue weighted by molar-refractivity contribution is 7.80. The van der Waals surface area contributed by atoms with Crippen LogP contribution in [-0.2, 0) is 6.54 Å². The third-order valence-corrected chi connectivity index (χ3v) is 3.95. The minimum Gasteiger partial charge on any atom is -0.362 e. The van der Waals surface area contributed by atoms with E-state index < -0.39 is 0 Å². The number of aryl methyl sites for hydroxylation is 2. The summed E-state index contributed by atoms with van der Waals surface area (Å²) in [4.78, 5) is 0. The molecule has 4 nitrogen and oxygen atoms in total. The first-order valence-corrected chi connectivity index (χ1v) is 8.42. The largest absolute Gasteiger partial charge is 0.362 e. The molecule has 0 saturated carbocycles. The lowest BCUT2D eigenvalue weighted by Crippen LogP contribution is -2.31. The molecule has 2 N–H and O–H groups in total. The summed E-state index contributed by atoms with van der Waals surface area (Å²) in [6.45, 7) is 12.1. The molecule has 0 fully saturated rings. The number of hydrogen-bond donors (Lipinski definition) is 2. The lowest BCUT2D eigenvalue weighted by Gasteiger charge is -2.12. The molecule has 0 saturated heterocycles. The lowest BCUT2D eigenvalue weighted by molar-refractivity contribution is 0.627. The lowest BCUT2D eigenvalue weighted by atomic mass is 10.1. The molecule has 0 radical (unpaired) electrons. The molecule has 0 unspecified atom stereocenters. The van der Waals surface area contributed by atoms with Gasteiger partial charge in [0.1, 0.15) is 0 Å². The van der Waals surface area contributed by atoms with Gasteiger partial charge in [-0.2, -0.15) is 5.10 Å². The standard InChI is InChI=1S/C18H26N4S/c1-12(2)10-19-18(23)20-17-14(4)21-22(15(17)5)11-16-8-6-7-13(3)9-16/h6-9,12H,10-11H2,1-5H3,(H2,19,20,23). The van der Waals surface area contributed by atoms with Crippen LogP contribution in [0.3, 0.4) is 0 Å². The van der Waals surface area contributed by atoms with Gasteiger partial charge in [0.05, 0.1) is 23.6 Å². The number of aromatic nitrogens is 2. The van der Waals surface area contributed by atoms with E-state index in [-0.39, 0.29) is 0 Å². The van der Waals surface area contributed by atoms with E-state index in [2.05, 4.69) is 67.7 Å². The topological polar surface area (TPSA) is 41.9 Å². The maximum Gasteiger partial charge on any atom is 0.170 e. The zero-order valence-corrected chi connectivity index (χ0v) is 15.4. The van der Waals surface area contributed by atoms with E-state index in [4.69, 9.17) is 12.2 Å². The normalized spacial score (nSPS) is 10.9. The molecule has 0 atom stereocenters. The van der Waals surface area contributed by atoms with Gasteiger partial charge in [-0.1, -0.05) is 43.7 Å². The van der Waals surface area contributed by atoms with Crippen molar-refractivity contribution in [2.75, 3.05) is 11.9 Å². The van der Waals surface area contributed by atoms with Gasteiger partial charge in [-0.25, -0.2) is 0 Å². The Morgan fingerprint density at radius 1 is 1.26 bits per heavy atom. The van der Waals surface area contributed by atoms with E-state index in [1.54, 1.807) is 0 Å². The first kappa shape index (κ1) is 17.5. The van der Waals surface area contributed by atoms with Crippen molar-refractivity contribution in [2.24, 2.45) is 5.92 Å². The highest BCUT2D eigenvalue weighted by atomic mass is 32.1. The Kier molecular flexibility index (Phi) is 5.77. The molecule has 2 rings (SSSR count). The average Bonchev–Trinajstić information content (AvgIpc) is 2.73. The molecule has 0 aliphatic carbocycles. The summed E-state index contributed by atoms with van der Waals surface area (Å²) in [5.74, 6) is 0.556. The van der Waals surface area contributed by atoms with Crippen molar-refractivity contribution in [3.05, 3.63) is 46.8 Å². The summed E-state index contributed by atoms with van der Waals surface area (Å²) >= 11 is 5.37. The second kappa shape index (κ2) is 7.59. The Labute approximate surface area is 144 Å². The smallest absolute Gasteiger partial charge is 0.170 e. The van der Waals surface area contributed by atoms with Crippen molar-refractivity contribution in [2.45, 2.75) is 41.2 Å². The number of thiocarbonyl (C=S) groups is 1. The molecule has 5 heteroatoms. The second-order valence-corrected chi connectivity index (χ2v) is 6.83. The maximum absolute atomic E-state index is 5.37. The fourth-order valence-corrected chi connectivity index (χ4v) is 2.66. The zero-order valence-electron chi connectivity index (χ0n) is 14.6. The quantitative estimate of drug-likeness (QED) is 0.818. The molecule has 0 spiro atoms. The monoisotopic (exact) mass is 330 g/mol. The van der Waals surface area contributed by atoms with Crippen molar-refractivity contribution >= 4 is 23.0 Å². The van der Waals surface area contributed by atoms with E-state index in [0.29, 0.717) is 11.0 Å². The fourth-order valence-electron chi connectivity index (χ4n) is 2.47. The molecule has 124 valence electrons. The molecule has 1 heterocycles. The van der Waals surface area contributed by atoms with E-state index in [9.17, 15) is 0 Å². The summed E-state index contributed by atoms with van der Waals surface area (Å²) in [7, 11) is 0. The number of anilines is 1. The number of benzene rings is 1. The average molecular weight is 331 g/mol. The van der Waals surface area contributed by atoms with Crippen LogP contribution in [0.15, 0.2) is 24.3 Å². The molecule has 1 aromatic heterocycles. The summed E-state index contributed by atoms with van der Waals surface area (Å²) in [6, 6.07) is 8.51. The first-order chi connectivity index (χ1) is 10.9. The second-order valence-electron chi connectivity index (χ2n) is 6.42. The summed E-state index contributed by atoms with van der Waals surface area (Å²) in [5, 5.41) is 11.8. The van der Waals surface area contributed by atoms with Crippen LogP contribution in [0.2, 0.25) is 0 Å². The van der Waals surface area contributed by atoms with Gasteiger partial charge in [0, 0.05) is 6.54 Å². The third-order valence-electron chi connectivity index (χ3n) is 3.71. The summed E-state index contributed by atoms with van der Waals surface area (Å²) < 4.78 is 2.03. The van der Waals surface area contributed by atoms with Crippen molar-refractivity contribution < 1.29 is 0 Å². The van der Waals surface area contributed by atoms with Crippen molar-refractivity contribution in [3.8, 4) is 0 Å². The predicted octanol–water partition coefficient (Wildman–Crippen LogP) is 3.80. The number of nitrogens with zero attached hydrogens (tertiary/aromatic N) is 2. The van der Waals surface area contributed by atoms with Crippen LogP contribution in [0.25, 0.3) is 0 Å². The van der Waals surface area contributed by atoms with Crippen molar-refractivity contribution in [3.63, 3.8) is 0 Å². The van der Waals surface area contributed by atoms with Gasteiger partial charge in [-0.05, 0) is 44.5 Å². The molecule has 23 heavy (non-hydrogen) atoms. The number of nitrogens with one attached hydrogen (secondary N) is 2. The van der Waals surface area contributed by atoms with Crippen LogP contribution in [0, 0.1) is 26.7 Å². The molecular formula is C18H26N4S. The van der Waals surface area contributed by atoms with Gasteiger partial charge < -0.3 is 10.6 Å². The Hall–Kier alpha value is -1.88.